The van der Waals surface area contributed by atoms with E-state index in [4.69, 9.17) is 4.74 Å². The van der Waals surface area contributed by atoms with Gasteiger partial charge in [-0.15, -0.1) is 0 Å². The third-order valence-electron chi connectivity index (χ3n) is 4.49. The minimum absolute atomic E-state index is 0.0685. The van der Waals surface area contributed by atoms with Gasteiger partial charge in [-0.1, -0.05) is 66.7 Å². The van der Waals surface area contributed by atoms with E-state index in [-0.39, 0.29) is 11.9 Å². The number of nitrogens with one attached hydrogen (secondary N) is 1. The number of hydrogen-bond acceptors (Lipinski definition) is 2. The summed E-state index contributed by atoms with van der Waals surface area (Å²) >= 11 is 0. The second-order valence-electron chi connectivity index (χ2n) is 6.51. The Balaban J connectivity index is 1.82. The number of aryl methyl sites for hydroxylation is 1. The highest BCUT2D eigenvalue weighted by Crippen LogP contribution is 2.26. The Morgan fingerprint density at radius 3 is 2.33 bits per heavy atom. The molecule has 0 aromatic heterocycles. The number of anilines is 1. The highest BCUT2D eigenvalue weighted by molar-refractivity contribution is 5.95. The van der Waals surface area contributed by atoms with Crippen LogP contribution >= 0.6 is 0 Å². The van der Waals surface area contributed by atoms with Crippen molar-refractivity contribution in [2.24, 2.45) is 0 Å². The van der Waals surface area contributed by atoms with Gasteiger partial charge in [0.05, 0.1) is 12.8 Å². The lowest BCUT2D eigenvalue weighted by atomic mass is 10.1. The van der Waals surface area contributed by atoms with Crippen molar-refractivity contribution in [2.75, 3.05) is 12.4 Å². The lowest BCUT2D eigenvalue weighted by Gasteiger charge is -2.17. The molecule has 0 saturated carbocycles. The van der Waals surface area contributed by atoms with Crippen molar-refractivity contribution in [1.29, 1.82) is 0 Å². The van der Waals surface area contributed by atoms with Crippen LogP contribution in [-0.4, -0.2) is 13.0 Å². The van der Waals surface area contributed by atoms with Crippen LogP contribution in [-0.2, 0) is 11.3 Å². The molecule has 0 aliphatic carbocycles. The average molecular weight is 361 g/mol. The predicted molar refractivity (Wildman–Crippen MR) is 108 cm³/mol. The molecule has 0 spiro atoms. The zero-order valence-corrected chi connectivity index (χ0v) is 15.7. The van der Waals surface area contributed by atoms with Crippen LogP contribution in [0.5, 0.6) is 5.75 Å². The summed E-state index contributed by atoms with van der Waals surface area (Å²) in [6, 6.07) is 25.4. The fraction of sp³-hybridized carbons (Fsp3) is 0.174. The molecule has 3 aromatic carbocycles. The highest BCUT2D eigenvalue weighted by atomic mass is 16.5. The first-order valence-corrected chi connectivity index (χ1v) is 9.05. The number of nitrogens with two attached hydrogens (primary N) is 1. The minimum Gasteiger partial charge on any atom is -0.495 e. The molecule has 4 heteroatoms. The van der Waals surface area contributed by atoms with Crippen LogP contribution in [0, 0.1) is 6.92 Å². The normalized spacial score (nSPS) is 11.6. The zero-order valence-electron chi connectivity index (χ0n) is 15.7. The van der Waals surface area contributed by atoms with E-state index in [0.717, 1.165) is 17.7 Å². The van der Waals surface area contributed by atoms with Crippen molar-refractivity contribution in [3.63, 3.8) is 0 Å². The van der Waals surface area contributed by atoms with E-state index in [1.54, 1.807) is 7.11 Å². The SMILES string of the molecule is COc1ccc(C)cc1NC(=O)[C@H]([NH2+]Cc1ccccc1)c1ccccc1. The molecule has 0 bridgehead atoms. The van der Waals surface area contributed by atoms with Crippen molar-refractivity contribution < 1.29 is 14.8 Å². The van der Waals surface area contributed by atoms with E-state index in [0.29, 0.717) is 11.4 Å². The van der Waals surface area contributed by atoms with Crippen LogP contribution < -0.4 is 15.4 Å². The molecule has 27 heavy (non-hydrogen) atoms. The molecule has 1 amide bonds. The van der Waals surface area contributed by atoms with Crippen molar-refractivity contribution in [3.8, 4) is 5.75 Å². The molecule has 0 saturated heterocycles. The number of carbonyl (C=O) groups excluding carboxylic acids is 1. The summed E-state index contributed by atoms with van der Waals surface area (Å²) in [5, 5.41) is 5.10. The molecule has 1 atom stereocenters. The maximum atomic E-state index is 13.1. The summed E-state index contributed by atoms with van der Waals surface area (Å²) in [7, 11) is 1.61. The van der Waals surface area contributed by atoms with E-state index >= 15 is 0 Å². The molecule has 0 unspecified atom stereocenters. The number of carbonyl (C=O) groups is 1. The Morgan fingerprint density at radius 1 is 1.00 bits per heavy atom. The van der Waals surface area contributed by atoms with Crippen LogP contribution in [0.1, 0.15) is 22.7 Å². The number of methoxy groups -OCH3 is 1. The second-order valence-corrected chi connectivity index (χ2v) is 6.51. The quantitative estimate of drug-likeness (QED) is 0.677. The summed E-state index contributed by atoms with van der Waals surface area (Å²) in [4.78, 5) is 13.1. The Bertz CT molecular complexity index is 879. The molecule has 0 fully saturated rings. The summed E-state index contributed by atoms with van der Waals surface area (Å²) in [6.45, 7) is 2.71. The van der Waals surface area contributed by atoms with Crippen LogP contribution in [0.3, 0.4) is 0 Å². The smallest absolute Gasteiger partial charge is 0.287 e. The molecule has 3 N–H and O–H groups in total. The molecule has 138 valence electrons. The van der Waals surface area contributed by atoms with E-state index in [9.17, 15) is 4.79 Å². The third-order valence-corrected chi connectivity index (χ3v) is 4.49. The molecule has 0 aliphatic heterocycles. The minimum atomic E-state index is -0.350. The topological polar surface area (TPSA) is 54.9 Å². The fourth-order valence-corrected chi connectivity index (χ4v) is 3.05. The number of quaternary nitrogens is 1. The van der Waals surface area contributed by atoms with Crippen LogP contribution in [0.2, 0.25) is 0 Å². The zero-order chi connectivity index (χ0) is 19.1. The molecule has 3 rings (SSSR count). The van der Waals surface area contributed by atoms with Gasteiger partial charge in [0.15, 0.2) is 6.04 Å². The average Bonchev–Trinajstić information content (AvgIpc) is 2.70. The first kappa shape index (κ1) is 18.7. The number of amides is 1. The standard InChI is InChI=1S/C23H24N2O2/c1-17-13-14-21(27-2)20(15-17)25-23(26)22(19-11-7-4-8-12-19)24-16-18-9-5-3-6-10-18/h3-15,22,24H,16H2,1-2H3,(H,25,26)/p+1/t22-/m1/s1. The largest absolute Gasteiger partial charge is 0.495 e. The number of benzene rings is 3. The molecular weight excluding hydrogens is 336 g/mol. The number of ether oxygens (including phenoxy) is 1. The van der Waals surface area contributed by atoms with Crippen LogP contribution in [0.15, 0.2) is 78.9 Å². The van der Waals surface area contributed by atoms with Crippen molar-refractivity contribution >= 4 is 11.6 Å². The van der Waals surface area contributed by atoms with Gasteiger partial charge in [0.25, 0.3) is 5.91 Å². The van der Waals surface area contributed by atoms with E-state index in [1.165, 1.54) is 5.56 Å². The van der Waals surface area contributed by atoms with Gasteiger partial charge in [-0.25, -0.2) is 0 Å². The number of rotatable bonds is 7. The summed E-state index contributed by atoms with van der Waals surface area (Å²) in [5.41, 5.74) is 3.91. The molecular formula is C23H25N2O2+. The molecule has 0 radical (unpaired) electrons. The Hall–Kier alpha value is -3.11. The van der Waals surface area contributed by atoms with Gasteiger partial charge in [0.2, 0.25) is 0 Å². The van der Waals surface area contributed by atoms with Gasteiger partial charge in [0.1, 0.15) is 12.3 Å². The second kappa shape index (κ2) is 9.01. The molecule has 3 aromatic rings. The van der Waals surface area contributed by atoms with Crippen LogP contribution in [0.25, 0.3) is 0 Å². The van der Waals surface area contributed by atoms with Crippen molar-refractivity contribution in [1.82, 2.24) is 0 Å². The van der Waals surface area contributed by atoms with Gasteiger partial charge in [-0.3, -0.25) is 4.79 Å². The van der Waals surface area contributed by atoms with E-state index < -0.39 is 0 Å². The van der Waals surface area contributed by atoms with Gasteiger partial charge in [0, 0.05) is 11.1 Å². The summed E-state index contributed by atoms with van der Waals surface area (Å²) in [5.74, 6) is 0.588. The predicted octanol–water partition coefficient (Wildman–Crippen LogP) is 3.45. The maximum absolute atomic E-state index is 13.1. The lowest BCUT2D eigenvalue weighted by molar-refractivity contribution is -0.697. The lowest BCUT2D eigenvalue weighted by Crippen LogP contribution is -2.85. The molecule has 0 heterocycles. The number of hydrogen-bond donors (Lipinski definition) is 2. The monoisotopic (exact) mass is 361 g/mol. The fourth-order valence-electron chi connectivity index (χ4n) is 3.05. The van der Waals surface area contributed by atoms with Crippen molar-refractivity contribution in [2.45, 2.75) is 19.5 Å². The van der Waals surface area contributed by atoms with Gasteiger partial charge < -0.3 is 15.4 Å². The first-order chi connectivity index (χ1) is 13.2. The summed E-state index contributed by atoms with van der Waals surface area (Å²) < 4.78 is 5.39. The Labute approximate surface area is 160 Å². The highest BCUT2D eigenvalue weighted by Gasteiger charge is 2.25. The Kier molecular flexibility index (Phi) is 6.23. The third kappa shape index (κ3) is 4.96. The maximum Gasteiger partial charge on any atom is 0.287 e. The summed E-state index contributed by atoms with van der Waals surface area (Å²) in [6.07, 6.45) is 0. The van der Waals surface area contributed by atoms with E-state index in [1.807, 2.05) is 73.7 Å². The first-order valence-electron chi connectivity index (χ1n) is 9.05. The van der Waals surface area contributed by atoms with Gasteiger partial charge in [-0.2, -0.15) is 0 Å². The van der Waals surface area contributed by atoms with Crippen molar-refractivity contribution in [3.05, 3.63) is 95.6 Å². The van der Waals surface area contributed by atoms with Gasteiger partial charge in [-0.05, 0) is 24.6 Å². The molecule has 4 nitrogen and oxygen atoms in total. The molecule has 0 aliphatic rings. The van der Waals surface area contributed by atoms with Gasteiger partial charge >= 0.3 is 0 Å². The van der Waals surface area contributed by atoms with Crippen LogP contribution in [0.4, 0.5) is 5.69 Å². The Morgan fingerprint density at radius 2 is 1.67 bits per heavy atom. The van der Waals surface area contributed by atoms with E-state index in [2.05, 4.69) is 22.8 Å².